The van der Waals surface area contributed by atoms with Crippen molar-refractivity contribution in [2.75, 3.05) is 40.0 Å². The summed E-state index contributed by atoms with van der Waals surface area (Å²) in [4.78, 5) is 17.4. The van der Waals surface area contributed by atoms with Gasteiger partial charge in [0.1, 0.15) is 5.75 Å². The molecule has 28 heavy (non-hydrogen) atoms. The van der Waals surface area contributed by atoms with Gasteiger partial charge in [-0.05, 0) is 55.6 Å². The third kappa shape index (κ3) is 6.47. The molecule has 0 unspecified atom stereocenters. The van der Waals surface area contributed by atoms with E-state index in [4.69, 9.17) is 21.7 Å². The van der Waals surface area contributed by atoms with Crippen LogP contribution in [0.3, 0.4) is 0 Å². The van der Waals surface area contributed by atoms with Gasteiger partial charge in [0.25, 0.3) is 5.56 Å². The lowest BCUT2D eigenvalue weighted by molar-refractivity contribution is 0.145. The zero-order chi connectivity index (χ0) is 20.4. The summed E-state index contributed by atoms with van der Waals surface area (Å²) in [5, 5.41) is 13.9. The third-order valence-electron chi connectivity index (χ3n) is 4.31. The molecule has 0 bridgehead atoms. The van der Waals surface area contributed by atoms with Crippen molar-refractivity contribution in [3.05, 3.63) is 40.2 Å². The lowest BCUT2D eigenvalue weighted by Gasteiger charge is -2.25. The van der Waals surface area contributed by atoms with Crippen LogP contribution >= 0.6 is 12.2 Å². The zero-order valence-electron chi connectivity index (χ0n) is 16.5. The van der Waals surface area contributed by atoms with Crippen molar-refractivity contribution in [3.63, 3.8) is 0 Å². The third-order valence-corrected chi connectivity index (χ3v) is 4.71. The number of ether oxygens (including phenoxy) is 2. The summed E-state index contributed by atoms with van der Waals surface area (Å²) >= 11 is 5.50. The Labute approximate surface area is 170 Å². The van der Waals surface area contributed by atoms with Gasteiger partial charge in [0, 0.05) is 44.5 Å². The van der Waals surface area contributed by atoms with Crippen LogP contribution < -0.4 is 15.6 Å². The van der Waals surface area contributed by atoms with E-state index >= 15 is 0 Å². The van der Waals surface area contributed by atoms with E-state index in [1.54, 1.807) is 13.2 Å². The fourth-order valence-corrected chi connectivity index (χ4v) is 3.07. The average Bonchev–Trinajstić information content (AvgIpc) is 2.70. The lowest BCUT2D eigenvalue weighted by Crippen LogP contribution is -2.41. The highest BCUT2D eigenvalue weighted by atomic mass is 32.1. The van der Waals surface area contributed by atoms with Gasteiger partial charge < -0.3 is 29.8 Å². The smallest absolute Gasteiger partial charge is 0.253 e. The molecular weight excluding hydrogens is 378 g/mol. The first kappa shape index (κ1) is 22.1. The Morgan fingerprint density at radius 1 is 1.32 bits per heavy atom. The normalized spacial score (nSPS) is 10.8. The minimum absolute atomic E-state index is 0.0668. The van der Waals surface area contributed by atoms with Gasteiger partial charge in [-0.3, -0.25) is 4.79 Å². The second-order valence-corrected chi connectivity index (χ2v) is 6.74. The largest absolute Gasteiger partial charge is 0.497 e. The molecule has 7 nitrogen and oxygen atoms in total. The van der Waals surface area contributed by atoms with Crippen molar-refractivity contribution in [1.29, 1.82) is 0 Å². The molecule has 0 saturated heterocycles. The number of thiocarbonyl (C=S) groups is 1. The number of hydrogen-bond donors (Lipinski definition) is 3. The van der Waals surface area contributed by atoms with Crippen molar-refractivity contribution in [2.24, 2.45) is 0 Å². The van der Waals surface area contributed by atoms with Crippen molar-refractivity contribution in [2.45, 2.75) is 26.3 Å². The fourth-order valence-electron chi connectivity index (χ4n) is 2.82. The number of nitrogens with one attached hydrogen (secondary N) is 2. The van der Waals surface area contributed by atoms with E-state index in [0.717, 1.165) is 17.3 Å². The Morgan fingerprint density at radius 3 is 2.86 bits per heavy atom. The van der Waals surface area contributed by atoms with Gasteiger partial charge in [-0.15, -0.1) is 0 Å². The quantitative estimate of drug-likeness (QED) is 0.388. The molecular formula is C20H29N3O4S. The summed E-state index contributed by atoms with van der Waals surface area (Å²) in [6.45, 7) is 5.04. The molecule has 2 aromatic rings. The standard InChI is InChI=1S/C20H29N3O4S/c1-3-27-11-4-8-21-20(28)23(9-5-10-24)14-16-12-15-6-7-17(26-2)13-18(15)22-19(16)25/h6-7,12-13,24H,3-5,8-11,14H2,1-2H3,(H,21,28)(H,22,25). The molecule has 0 atom stereocenters. The van der Waals surface area contributed by atoms with E-state index in [-0.39, 0.29) is 12.2 Å². The predicted octanol–water partition coefficient (Wildman–Crippen LogP) is 2.02. The Bertz CT molecular complexity index is 825. The van der Waals surface area contributed by atoms with E-state index in [0.29, 0.717) is 55.7 Å². The SMILES string of the molecule is CCOCCCNC(=S)N(CCCO)Cc1cc2ccc(OC)cc2[nH]c1=O. The number of H-pyrrole nitrogens is 1. The summed E-state index contributed by atoms with van der Waals surface area (Å²) in [7, 11) is 1.59. The van der Waals surface area contributed by atoms with Gasteiger partial charge in [0.2, 0.25) is 0 Å². The van der Waals surface area contributed by atoms with Gasteiger partial charge in [-0.1, -0.05) is 0 Å². The molecule has 3 N–H and O–H groups in total. The molecule has 0 spiro atoms. The Hall–Kier alpha value is -2.16. The molecule has 0 aliphatic heterocycles. The maximum Gasteiger partial charge on any atom is 0.253 e. The second-order valence-electron chi connectivity index (χ2n) is 6.36. The topological polar surface area (TPSA) is 86.8 Å². The number of fused-ring (bicyclic) bond motifs is 1. The number of methoxy groups -OCH3 is 1. The maximum atomic E-state index is 12.5. The van der Waals surface area contributed by atoms with Crippen LogP contribution in [0.5, 0.6) is 5.75 Å². The summed E-state index contributed by atoms with van der Waals surface area (Å²) in [6.07, 6.45) is 1.42. The molecule has 1 aromatic heterocycles. The van der Waals surface area contributed by atoms with Crippen LogP contribution in [0.2, 0.25) is 0 Å². The molecule has 0 amide bonds. The minimum atomic E-state index is -0.158. The Kier molecular flexibility index (Phi) is 9.19. The molecule has 2 rings (SSSR count). The fraction of sp³-hybridized carbons (Fsp3) is 0.500. The molecule has 0 saturated carbocycles. The number of aliphatic hydroxyl groups excluding tert-OH is 1. The number of aromatic amines is 1. The molecule has 1 aromatic carbocycles. The maximum absolute atomic E-state index is 12.5. The Morgan fingerprint density at radius 2 is 2.14 bits per heavy atom. The van der Waals surface area contributed by atoms with Crippen LogP contribution in [0.25, 0.3) is 10.9 Å². The predicted molar refractivity (Wildman–Crippen MR) is 115 cm³/mol. The van der Waals surface area contributed by atoms with E-state index in [1.165, 1.54) is 0 Å². The summed E-state index contributed by atoms with van der Waals surface area (Å²) in [6, 6.07) is 7.44. The first-order chi connectivity index (χ1) is 13.6. The number of rotatable bonds is 11. The molecule has 0 aliphatic carbocycles. The van der Waals surface area contributed by atoms with Gasteiger partial charge in [-0.2, -0.15) is 0 Å². The van der Waals surface area contributed by atoms with E-state index in [9.17, 15) is 9.90 Å². The van der Waals surface area contributed by atoms with E-state index < -0.39 is 0 Å². The highest BCUT2D eigenvalue weighted by Gasteiger charge is 2.13. The second kappa shape index (κ2) is 11.6. The molecule has 0 aliphatic rings. The van der Waals surface area contributed by atoms with Crippen LogP contribution in [0.4, 0.5) is 0 Å². The van der Waals surface area contributed by atoms with Crippen molar-refractivity contribution < 1.29 is 14.6 Å². The summed E-state index contributed by atoms with van der Waals surface area (Å²) in [5.41, 5.74) is 1.19. The van der Waals surface area contributed by atoms with Gasteiger partial charge in [0.05, 0.1) is 19.2 Å². The van der Waals surface area contributed by atoms with Crippen LogP contribution in [0, 0.1) is 0 Å². The summed E-state index contributed by atoms with van der Waals surface area (Å²) < 4.78 is 10.5. The van der Waals surface area contributed by atoms with Crippen LogP contribution in [-0.4, -0.2) is 60.1 Å². The lowest BCUT2D eigenvalue weighted by atomic mass is 10.1. The minimum Gasteiger partial charge on any atom is -0.497 e. The molecule has 154 valence electrons. The number of aromatic nitrogens is 1. The number of benzene rings is 1. The average molecular weight is 408 g/mol. The number of pyridine rings is 1. The monoisotopic (exact) mass is 407 g/mol. The first-order valence-corrected chi connectivity index (χ1v) is 9.91. The molecule has 1 heterocycles. The first-order valence-electron chi connectivity index (χ1n) is 9.50. The van der Waals surface area contributed by atoms with E-state index in [2.05, 4.69) is 10.3 Å². The molecule has 0 radical (unpaired) electrons. The summed E-state index contributed by atoms with van der Waals surface area (Å²) in [5.74, 6) is 0.693. The van der Waals surface area contributed by atoms with E-state index in [1.807, 2.05) is 30.0 Å². The van der Waals surface area contributed by atoms with Crippen LogP contribution in [-0.2, 0) is 11.3 Å². The van der Waals surface area contributed by atoms with Crippen molar-refractivity contribution >= 4 is 28.2 Å². The van der Waals surface area contributed by atoms with Gasteiger partial charge in [0.15, 0.2) is 5.11 Å². The number of hydrogen-bond acceptors (Lipinski definition) is 5. The number of nitrogens with zero attached hydrogens (tertiary/aromatic N) is 1. The van der Waals surface area contributed by atoms with Crippen molar-refractivity contribution in [3.8, 4) is 5.75 Å². The van der Waals surface area contributed by atoms with Gasteiger partial charge >= 0.3 is 0 Å². The molecule has 8 heteroatoms. The zero-order valence-corrected chi connectivity index (χ0v) is 17.3. The van der Waals surface area contributed by atoms with Crippen molar-refractivity contribution in [1.82, 2.24) is 15.2 Å². The highest BCUT2D eigenvalue weighted by Crippen LogP contribution is 2.19. The van der Waals surface area contributed by atoms with Gasteiger partial charge in [-0.25, -0.2) is 0 Å². The molecule has 0 fully saturated rings. The highest BCUT2D eigenvalue weighted by molar-refractivity contribution is 7.80. The van der Waals surface area contributed by atoms with Crippen LogP contribution in [0.1, 0.15) is 25.3 Å². The van der Waals surface area contributed by atoms with Crippen LogP contribution in [0.15, 0.2) is 29.1 Å². The Balaban J connectivity index is 2.11. The number of aliphatic hydroxyl groups is 1.